The highest BCUT2D eigenvalue weighted by atomic mass is 16.5. The second-order valence-electron chi connectivity index (χ2n) is 2.39. The van der Waals surface area contributed by atoms with Gasteiger partial charge in [-0.15, -0.1) is 0 Å². The van der Waals surface area contributed by atoms with Crippen LogP contribution in [0.5, 0.6) is 0 Å². The van der Waals surface area contributed by atoms with E-state index in [0.29, 0.717) is 0 Å². The molecule has 0 saturated carbocycles. The van der Waals surface area contributed by atoms with Gasteiger partial charge in [-0.3, -0.25) is 4.79 Å². The Morgan fingerprint density at radius 3 is 2.00 bits per heavy atom. The summed E-state index contributed by atoms with van der Waals surface area (Å²) in [6.07, 6.45) is -1.56. The summed E-state index contributed by atoms with van der Waals surface area (Å²) in [5, 5.41) is 17.2. The first kappa shape index (κ1) is 6.51. The van der Waals surface area contributed by atoms with Crippen molar-refractivity contribution in [2.24, 2.45) is 0 Å². The number of carbonyl (C=O) groups is 1. The molecular weight excluding hydrogens is 122 g/mol. The lowest BCUT2D eigenvalue weighted by Gasteiger charge is -2.07. The molecule has 1 amide bonds. The standard InChI is InChI=1S/C5H9NO3/c1-5(4(8)9)3(7)6(5)2/h4,8-9H,1-2H3. The summed E-state index contributed by atoms with van der Waals surface area (Å²) in [5.41, 5.74) is -1.03. The first-order valence-corrected chi connectivity index (χ1v) is 2.65. The average Bonchev–Trinajstić information content (AvgIpc) is 2.22. The molecule has 2 N–H and O–H groups in total. The number of carbonyl (C=O) groups excluding carboxylic acids is 1. The smallest absolute Gasteiger partial charge is 0.254 e. The van der Waals surface area contributed by atoms with Crippen molar-refractivity contribution in [2.45, 2.75) is 18.8 Å². The Morgan fingerprint density at radius 2 is 2.00 bits per heavy atom. The largest absolute Gasteiger partial charge is 0.366 e. The molecule has 1 saturated heterocycles. The van der Waals surface area contributed by atoms with E-state index in [0.717, 1.165) is 0 Å². The molecule has 1 fully saturated rings. The first-order chi connectivity index (χ1) is 4.01. The normalized spacial score (nSPS) is 33.9. The quantitative estimate of drug-likeness (QED) is 0.337. The first-order valence-electron chi connectivity index (χ1n) is 2.65. The van der Waals surface area contributed by atoms with Gasteiger partial charge in [-0.2, -0.15) is 0 Å². The van der Waals surface area contributed by atoms with Crippen LogP contribution in [0, 0.1) is 0 Å². The fraction of sp³-hybridized carbons (Fsp3) is 0.800. The van der Waals surface area contributed by atoms with Crippen molar-refractivity contribution in [2.75, 3.05) is 7.05 Å². The molecule has 0 bridgehead atoms. The van der Waals surface area contributed by atoms with Gasteiger partial charge >= 0.3 is 0 Å². The predicted molar refractivity (Wildman–Crippen MR) is 29.4 cm³/mol. The van der Waals surface area contributed by atoms with E-state index in [9.17, 15) is 4.79 Å². The van der Waals surface area contributed by atoms with E-state index in [-0.39, 0.29) is 5.91 Å². The summed E-state index contributed by atoms with van der Waals surface area (Å²) in [7, 11) is 1.53. The molecule has 1 aliphatic heterocycles. The minimum Gasteiger partial charge on any atom is -0.366 e. The molecule has 4 nitrogen and oxygen atoms in total. The van der Waals surface area contributed by atoms with Crippen molar-refractivity contribution < 1.29 is 15.0 Å². The van der Waals surface area contributed by atoms with E-state index in [4.69, 9.17) is 10.2 Å². The highest BCUT2D eigenvalue weighted by Gasteiger charge is 2.61. The van der Waals surface area contributed by atoms with Crippen LogP contribution >= 0.6 is 0 Å². The van der Waals surface area contributed by atoms with E-state index < -0.39 is 11.8 Å². The van der Waals surface area contributed by atoms with Gasteiger partial charge in [0.2, 0.25) is 0 Å². The second-order valence-corrected chi connectivity index (χ2v) is 2.39. The number of nitrogens with zero attached hydrogens (tertiary/aromatic N) is 1. The fourth-order valence-corrected chi connectivity index (χ4v) is 0.739. The summed E-state index contributed by atoms with van der Waals surface area (Å²) in [6.45, 7) is 1.49. The summed E-state index contributed by atoms with van der Waals surface area (Å²) >= 11 is 0. The van der Waals surface area contributed by atoms with Gasteiger partial charge in [0.25, 0.3) is 5.91 Å². The monoisotopic (exact) mass is 131 g/mol. The predicted octanol–water partition coefficient (Wildman–Crippen LogP) is -1.47. The maximum atomic E-state index is 10.6. The zero-order valence-electron chi connectivity index (χ0n) is 5.33. The van der Waals surface area contributed by atoms with Crippen LogP contribution in [0.2, 0.25) is 0 Å². The molecule has 1 aliphatic rings. The summed E-state index contributed by atoms with van der Waals surface area (Å²) in [4.78, 5) is 11.9. The lowest BCUT2D eigenvalue weighted by Crippen LogP contribution is -2.29. The van der Waals surface area contributed by atoms with Crippen molar-refractivity contribution >= 4 is 5.91 Å². The van der Waals surface area contributed by atoms with Crippen molar-refractivity contribution in [1.29, 1.82) is 0 Å². The zero-order chi connectivity index (χ0) is 7.23. The van der Waals surface area contributed by atoms with Gasteiger partial charge in [0.1, 0.15) is 0 Å². The Balaban J connectivity index is 2.71. The van der Waals surface area contributed by atoms with Gasteiger partial charge in [-0.1, -0.05) is 0 Å². The number of amides is 1. The third kappa shape index (κ3) is 0.571. The molecule has 0 aromatic carbocycles. The number of aliphatic hydroxyl groups is 2. The number of rotatable bonds is 1. The Labute approximate surface area is 52.7 Å². The Morgan fingerprint density at radius 1 is 1.67 bits per heavy atom. The van der Waals surface area contributed by atoms with Crippen LogP contribution < -0.4 is 0 Å². The summed E-state index contributed by atoms with van der Waals surface area (Å²) in [6, 6.07) is 0. The summed E-state index contributed by atoms with van der Waals surface area (Å²) < 4.78 is 0. The van der Waals surface area contributed by atoms with E-state index in [2.05, 4.69) is 0 Å². The van der Waals surface area contributed by atoms with Crippen LogP contribution in [0.1, 0.15) is 6.92 Å². The van der Waals surface area contributed by atoms with Gasteiger partial charge in [0.05, 0.1) is 0 Å². The van der Waals surface area contributed by atoms with Crippen LogP contribution in [-0.4, -0.2) is 39.9 Å². The molecule has 4 heteroatoms. The van der Waals surface area contributed by atoms with E-state index >= 15 is 0 Å². The Hall–Kier alpha value is -0.610. The summed E-state index contributed by atoms with van der Waals surface area (Å²) in [5.74, 6) is -0.225. The van der Waals surface area contributed by atoms with Crippen LogP contribution in [-0.2, 0) is 4.79 Å². The molecule has 0 radical (unpaired) electrons. The van der Waals surface area contributed by atoms with Gasteiger partial charge in [-0.05, 0) is 6.92 Å². The molecule has 1 rings (SSSR count). The third-order valence-electron chi connectivity index (χ3n) is 1.89. The van der Waals surface area contributed by atoms with Gasteiger partial charge in [-0.25, -0.2) is 0 Å². The lowest BCUT2D eigenvalue weighted by atomic mass is 10.2. The Kier molecular flexibility index (Phi) is 1.05. The van der Waals surface area contributed by atoms with Gasteiger partial charge < -0.3 is 15.1 Å². The van der Waals surface area contributed by atoms with Crippen molar-refractivity contribution in [3.63, 3.8) is 0 Å². The molecule has 1 heterocycles. The van der Waals surface area contributed by atoms with Crippen LogP contribution in [0.25, 0.3) is 0 Å². The molecule has 52 valence electrons. The highest BCUT2D eigenvalue weighted by Crippen LogP contribution is 2.33. The Bertz CT molecular complexity index is 156. The molecule has 1 atom stereocenters. The molecule has 0 aliphatic carbocycles. The number of aliphatic hydroxyl groups excluding tert-OH is 1. The molecule has 9 heavy (non-hydrogen) atoms. The lowest BCUT2D eigenvalue weighted by molar-refractivity contribution is -0.118. The van der Waals surface area contributed by atoms with Crippen LogP contribution in [0.3, 0.4) is 0 Å². The molecular formula is C5H9NO3. The van der Waals surface area contributed by atoms with Crippen molar-refractivity contribution in [3.8, 4) is 0 Å². The molecule has 0 aromatic heterocycles. The SMILES string of the molecule is CN1C(=O)C1(C)C(O)O. The third-order valence-corrected chi connectivity index (χ3v) is 1.89. The maximum Gasteiger partial charge on any atom is 0.254 e. The molecule has 1 unspecified atom stereocenters. The minimum absolute atomic E-state index is 0.225. The zero-order valence-corrected chi connectivity index (χ0v) is 5.33. The van der Waals surface area contributed by atoms with Crippen molar-refractivity contribution in [3.05, 3.63) is 0 Å². The molecule has 0 spiro atoms. The number of hydrogen-bond acceptors (Lipinski definition) is 3. The van der Waals surface area contributed by atoms with Crippen molar-refractivity contribution in [1.82, 2.24) is 4.90 Å². The van der Waals surface area contributed by atoms with E-state index in [1.807, 2.05) is 0 Å². The topological polar surface area (TPSA) is 60.5 Å². The van der Waals surface area contributed by atoms with Crippen LogP contribution in [0.15, 0.2) is 0 Å². The van der Waals surface area contributed by atoms with E-state index in [1.165, 1.54) is 18.9 Å². The molecule has 0 aromatic rings. The van der Waals surface area contributed by atoms with Gasteiger partial charge in [0, 0.05) is 7.05 Å². The maximum absolute atomic E-state index is 10.6. The highest BCUT2D eigenvalue weighted by molar-refractivity contribution is 6.01. The van der Waals surface area contributed by atoms with Crippen LogP contribution in [0.4, 0.5) is 0 Å². The fourth-order valence-electron chi connectivity index (χ4n) is 0.739. The number of likely N-dealkylation sites (N-methyl/N-ethyl adjacent to an activating group) is 1. The van der Waals surface area contributed by atoms with Gasteiger partial charge in [0.15, 0.2) is 11.8 Å². The second kappa shape index (κ2) is 1.46. The average molecular weight is 131 g/mol. The van der Waals surface area contributed by atoms with E-state index in [1.54, 1.807) is 0 Å². The minimum atomic E-state index is -1.56. The number of hydrogen-bond donors (Lipinski definition) is 2.